The topological polar surface area (TPSA) is 64.6 Å². The van der Waals surface area contributed by atoms with Crippen LogP contribution in [0.25, 0.3) is 0 Å². The van der Waals surface area contributed by atoms with Gasteiger partial charge in [0.05, 0.1) is 6.61 Å². The Morgan fingerprint density at radius 2 is 1.32 bits per heavy atom. The third-order valence-corrected chi connectivity index (χ3v) is 8.88. The van der Waals surface area contributed by atoms with Crippen LogP contribution in [0.2, 0.25) is 13.1 Å². The van der Waals surface area contributed by atoms with Crippen molar-refractivity contribution in [2.24, 2.45) is 0 Å². The fraction of sp³-hybridized carbons (Fsp3) is 0.333. The van der Waals surface area contributed by atoms with Crippen LogP contribution in [0.1, 0.15) is 0 Å². The lowest BCUT2D eigenvalue weighted by Crippen LogP contribution is -2.48. The van der Waals surface area contributed by atoms with Crippen molar-refractivity contribution in [1.82, 2.24) is 0 Å². The first kappa shape index (κ1) is 19.0. The molecule has 1 heterocycles. The van der Waals surface area contributed by atoms with E-state index in [0.717, 1.165) is 9.79 Å². The van der Waals surface area contributed by atoms with Gasteiger partial charge in [-0.2, -0.15) is 0 Å². The Labute approximate surface area is 156 Å². The molecule has 134 valence electrons. The molecule has 2 aromatic rings. The standard InChI is InChI=1S/C18H22O4S2Si/c1-25(2)21-13-18(22-25,14-23(19)16-9-5-3-6-10-16)15-24(20)17-11-7-4-8-12-17/h3-12H,13-15H2,1-2H3. The molecule has 0 spiro atoms. The Morgan fingerprint density at radius 1 is 0.880 bits per heavy atom. The van der Waals surface area contributed by atoms with Gasteiger partial charge in [-0.25, -0.2) is 0 Å². The van der Waals surface area contributed by atoms with Gasteiger partial charge >= 0.3 is 8.56 Å². The van der Waals surface area contributed by atoms with E-state index in [9.17, 15) is 9.11 Å². The molecule has 0 radical (unpaired) electrons. The van der Waals surface area contributed by atoms with Crippen molar-refractivity contribution >= 4 is 30.9 Å². The van der Waals surface area contributed by atoms with E-state index in [2.05, 4.69) is 0 Å². The average molecular weight is 395 g/mol. The molecule has 7 heteroatoms. The lowest BCUT2D eigenvalue weighted by Gasteiger charge is -2.29. The summed E-state index contributed by atoms with van der Waals surface area (Å²) >= 11 is -2.47. The highest BCUT2D eigenvalue weighted by Crippen LogP contribution is 2.33. The first-order chi connectivity index (χ1) is 11.9. The monoisotopic (exact) mass is 394 g/mol. The fourth-order valence-corrected chi connectivity index (χ4v) is 7.81. The van der Waals surface area contributed by atoms with Crippen molar-refractivity contribution in [2.75, 3.05) is 18.1 Å². The quantitative estimate of drug-likeness (QED) is 0.558. The molecular weight excluding hydrogens is 372 g/mol. The highest BCUT2D eigenvalue weighted by atomic mass is 32.2. The summed E-state index contributed by atoms with van der Waals surface area (Å²) in [5.41, 5.74) is -0.781. The summed E-state index contributed by atoms with van der Waals surface area (Å²) in [6.45, 7) is 4.26. The van der Waals surface area contributed by atoms with Crippen molar-refractivity contribution in [2.45, 2.75) is 28.5 Å². The highest BCUT2D eigenvalue weighted by molar-refractivity contribution is 7.92. The molecule has 1 aliphatic heterocycles. The third-order valence-electron chi connectivity index (χ3n) is 3.95. The zero-order chi connectivity index (χ0) is 17.9. The van der Waals surface area contributed by atoms with Crippen LogP contribution in [0, 0.1) is 0 Å². The van der Waals surface area contributed by atoms with Crippen LogP contribution >= 0.6 is 0 Å². The first-order valence-electron chi connectivity index (χ1n) is 8.10. The molecular formula is C18H22O4S2Si. The van der Waals surface area contributed by atoms with Crippen molar-refractivity contribution in [3.05, 3.63) is 60.7 Å². The second-order valence-corrected chi connectivity index (χ2v) is 12.8. The minimum atomic E-state index is -2.28. The predicted octanol–water partition coefficient (Wildman–Crippen LogP) is 3.09. The number of benzene rings is 2. The highest BCUT2D eigenvalue weighted by Gasteiger charge is 2.53. The van der Waals surface area contributed by atoms with E-state index in [4.69, 9.17) is 8.85 Å². The van der Waals surface area contributed by atoms with Gasteiger partial charge in [0, 0.05) is 0 Å². The molecule has 1 aliphatic rings. The van der Waals surface area contributed by atoms with Crippen LogP contribution in [0.5, 0.6) is 0 Å². The van der Waals surface area contributed by atoms with Gasteiger partial charge in [-0.05, 0) is 59.7 Å². The Kier molecular flexibility index (Phi) is 5.94. The molecule has 0 aromatic heterocycles. The van der Waals surface area contributed by atoms with E-state index in [0.29, 0.717) is 6.61 Å². The average Bonchev–Trinajstić information content (AvgIpc) is 2.91. The summed E-state index contributed by atoms with van der Waals surface area (Å²) in [7, 11) is -2.28. The van der Waals surface area contributed by atoms with E-state index in [1.165, 1.54) is 0 Å². The minimum Gasteiger partial charge on any atom is -0.611 e. The Morgan fingerprint density at radius 3 is 1.68 bits per heavy atom. The minimum absolute atomic E-state index is 0.284. The second-order valence-electron chi connectivity index (χ2n) is 6.58. The van der Waals surface area contributed by atoms with E-state index < -0.39 is 36.5 Å². The zero-order valence-corrected chi connectivity index (χ0v) is 17.0. The third kappa shape index (κ3) is 4.88. The van der Waals surface area contributed by atoms with E-state index in [1.54, 1.807) is 0 Å². The molecule has 0 saturated carbocycles. The number of hydrogen-bond donors (Lipinski definition) is 0. The Balaban J connectivity index is 1.79. The molecule has 0 bridgehead atoms. The molecule has 25 heavy (non-hydrogen) atoms. The van der Waals surface area contributed by atoms with Crippen LogP contribution in [0.4, 0.5) is 0 Å². The van der Waals surface area contributed by atoms with Crippen molar-refractivity contribution in [1.29, 1.82) is 0 Å². The largest absolute Gasteiger partial charge is 0.611 e. The summed E-state index contributed by atoms with van der Waals surface area (Å²) in [6, 6.07) is 18.6. The summed E-state index contributed by atoms with van der Waals surface area (Å²) < 4.78 is 37.8. The fourth-order valence-electron chi connectivity index (χ4n) is 2.86. The molecule has 1 fully saturated rings. The molecule has 1 saturated heterocycles. The summed E-state index contributed by atoms with van der Waals surface area (Å²) in [5.74, 6) is 0.567. The van der Waals surface area contributed by atoms with Crippen molar-refractivity contribution in [3.63, 3.8) is 0 Å². The van der Waals surface area contributed by atoms with E-state index in [1.807, 2.05) is 73.8 Å². The molecule has 2 aromatic carbocycles. The maximum atomic E-state index is 12.8. The Hall–Kier alpha value is -0.803. The van der Waals surface area contributed by atoms with Gasteiger partial charge in [-0.3, -0.25) is 0 Å². The van der Waals surface area contributed by atoms with E-state index >= 15 is 0 Å². The van der Waals surface area contributed by atoms with Gasteiger partial charge in [0.15, 0.2) is 15.4 Å². The van der Waals surface area contributed by atoms with Gasteiger partial charge in [-0.1, -0.05) is 36.4 Å². The van der Waals surface area contributed by atoms with Gasteiger partial charge in [0.25, 0.3) is 0 Å². The normalized spacial score (nSPS) is 24.8. The molecule has 2 unspecified atom stereocenters. The Bertz CT molecular complexity index is 636. The van der Waals surface area contributed by atoms with Crippen LogP contribution in [0.3, 0.4) is 0 Å². The molecule has 0 N–H and O–H groups in total. The summed E-state index contributed by atoms with van der Waals surface area (Å²) in [4.78, 5) is 1.50. The van der Waals surface area contributed by atoms with Crippen molar-refractivity contribution < 1.29 is 18.0 Å². The SMILES string of the molecule is C[Si]1(C)OCC(C[S+]([O-])c2ccccc2)(C[S+]([O-])c2ccccc2)O1. The van der Waals surface area contributed by atoms with Crippen molar-refractivity contribution in [3.8, 4) is 0 Å². The van der Waals surface area contributed by atoms with Crippen LogP contribution in [0.15, 0.2) is 70.5 Å². The van der Waals surface area contributed by atoms with E-state index in [-0.39, 0.29) is 11.5 Å². The van der Waals surface area contributed by atoms with Gasteiger partial charge in [0.1, 0.15) is 11.5 Å². The molecule has 0 amide bonds. The number of rotatable bonds is 6. The van der Waals surface area contributed by atoms with Crippen LogP contribution < -0.4 is 0 Å². The molecule has 2 atom stereocenters. The molecule has 0 aliphatic carbocycles. The maximum absolute atomic E-state index is 12.8. The second kappa shape index (κ2) is 7.83. The van der Waals surface area contributed by atoms with Gasteiger partial charge < -0.3 is 18.0 Å². The van der Waals surface area contributed by atoms with Crippen LogP contribution in [-0.2, 0) is 31.2 Å². The van der Waals surface area contributed by atoms with Crippen LogP contribution in [-0.4, -0.2) is 41.4 Å². The lowest BCUT2D eigenvalue weighted by atomic mass is 10.1. The zero-order valence-electron chi connectivity index (χ0n) is 14.3. The van der Waals surface area contributed by atoms with Gasteiger partial charge in [0.2, 0.25) is 0 Å². The number of hydrogen-bond acceptors (Lipinski definition) is 4. The molecule has 4 nitrogen and oxygen atoms in total. The predicted molar refractivity (Wildman–Crippen MR) is 103 cm³/mol. The van der Waals surface area contributed by atoms with Gasteiger partial charge in [-0.15, -0.1) is 0 Å². The smallest absolute Gasteiger partial charge is 0.332 e. The molecule has 3 rings (SSSR count). The summed E-state index contributed by atoms with van der Waals surface area (Å²) in [5, 5.41) is 0. The summed E-state index contributed by atoms with van der Waals surface area (Å²) in [6.07, 6.45) is 0. The lowest BCUT2D eigenvalue weighted by molar-refractivity contribution is 0.139. The first-order valence-corrected chi connectivity index (χ1v) is 13.6. The maximum Gasteiger partial charge on any atom is 0.332 e.